The van der Waals surface area contributed by atoms with Crippen molar-refractivity contribution in [1.82, 2.24) is 14.7 Å². The minimum absolute atomic E-state index is 0.0743. The average molecular weight is 254 g/mol. The Hall–Kier alpha value is -1.56. The zero-order valence-electron chi connectivity index (χ0n) is 11.3. The summed E-state index contributed by atoms with van der Waals surface area (Å²) in [4.78, 5) is 14.0. The van der Waals surface area contributed by atoms with Gasteiger partial charge in [-0.05, 0) is 19.8 Å². The number of aliphatic hydroxyl groups is 1. The Morgan fingerprint density at radius 1 is 1.50 bits per heavy atom. The van der Waals surface area contributed by atoms with E-state index in [0.717, 1.165) is 5.69 Å². The van der Waals surface area contributed by atoms with Crippen LogP contribution in [0.1, 0.15) is 36.5 Å². The van der Waals surface area contributed by atoms with E-state index in [0.29, 0.717) is 37.3 Å². The fourth-order valence-electron chi connectivity index (χ4n) is 1.93. The molecule has 1 aromatic heterocycles. The maximum atomic E-state index is 12.4. The number of hydrogen-bond donors (Lipinski definition) is 2. The van der Waals surface area contributed by atoms with E-state index in [2.05, 4.69) is 5.10 Å². The first kappa shape index (κ1) is 14.5. The molecule has 0 saturated carbocycles. The third kappa shape index (κ3) is 2.81. The van der Waals surface area contributed by atoms with Crippen LogP contribution in [0.25, 0.3) is 0 Å². The lowest BCUT2D eigenvalue weighted by Gasteiger charge is -2.20. The van der Waals surface area contributed by atoms with Gasteiger partial charge in [-0.1, -0.05) is 6.92 Å². The van der Waals surface area contributed by atoms with Crippen LogP contribution in [0.3, 0.4) is 0 Å². The molecule has 0 aromatic carbocycles. The Morgan fingerprint density at radius 2 is 2.17 bits per heavy atom. The van der Waals surface area contributed by atoms with Gasteiger partial charge in [0.2, 0.25) is 0 Å². The highest BCUT2D eigenvalue weighted by molar-refractivity contribution is 5.98. The molecular weight excluding hydrogens is 232 g/mol. The third-order valence-electron chi connectivity index (χ3n) is 2.95. The molecule has 0 atom stereocenters. The van der Waals surface area contributed by atoms with Crippen molar-refractivity contribution in [2.75, 3.05) is 25.4 Å². The van der Waals surface area contributed by atoms with E-state index in [1.165, 1.54) is 4.68 Å². The van der Waals surface area contributed by atoms with Gasteiger partial charge in [-0.25, -0.2) is 0 Å². The lowest BCUT2D eigenvalue weighted by Crippen LogP contribution is -2.34. The number of anilines is 1. The average Bonchev–Trinajstić information content (AvgIpc) is 2.64. The van der Waals surface area contributed by atoms with Gasteiger partial charge in [0.1, 0.15) is 5.69 Å². The number of carbonyl (C=O) groups is 1. The molecule has 1 aromatic rings. The van der Waals surface area contributed by atoms with Crippen molar-refractivity contribution in [2.45, 2.75) is 26.7 Å². The summed E-state index contributed by atoms with van der Waals surface area (Å²) >= 11 is 0. The molecule has 1 heterocycles. The number of aliphatic hydroxyl groups excluding tert-OH is 1. The first-order valence-corrected chi connectivity index (χ1v) is 6.28. The fourth-order valence-corrected chi connectivity index (χ4v) is 1.93. The molecule has 0 radical (unpaired) electrons. The maximum Gasteiger partial charge on any atom is 0.274 e. The second-order valence-electron chi connectivity index (χ2n) is 4.15. The predicted molar refractivity (Wildman–Crippen MR) is 70.3 cm³/mol. The van der Waals surface area contributed by atoms with Crippen molar-refractivity contribution in [2.24, 2.45) is 7.05 Å². The molecule has 0 aliphatic heterocycles. The summed E-state index contributed by atoms with van der Waals surface area (Å²) in [6.45, 7) is 5.05. The van der Waals surface area contributed by atoms with Crippen LogP contribution in [-0.4, -0.2) is 45.4 Å². The molecule has 0 bridgehead atoms. The number of aryl methyl sites for hydroxylation is 2. The standard InChI is InChI=1S/C12H22N4O2/c1-4-9-10(13)11(15(3)14-9)12(18)16(5-2)7-6-8-17/h17H,4-8,13H2,1-3H3. The first-order chi connectivity index (χ1) is 8.56. The highest BCUT2D eigenvalue weighted by Crippen LogP contribution is 2.18. The Kier molecular flexibility index (Phi) is 5.15. The monoisotopic (exact) mass is 254 g/mol. The van der Waals surface area contributed by atoms with E-state index < -0.39 is 0 Å². The van der Waals surface area contributed by atoms with Crippen LogP contribution in [0.4, 0.5) is 5.69 Å². The quantitative estimate of drug-likeness (QED) is 0.770. The number of amides is 1. The van der Waals surface area contributed by atoms with E-state index in [1.54, 1.807) is 11.9 Å². The van der Waals surface area contributed by atoms with Gasteiger partial charge in [0, 0.05) is 26.7 Å². The number of aromatic nitrogens is 2. The van der Waals surface area contributed by atoms with Crippen molar-refractivity contribution in [3.8, 4) is 0 Å². The van der Waals surface area contributed by atoms with Crippen LogP contribution >= 0.6 is 0 Å². The normalized spacial score (nSPS) is 10.7. The summed E-state index contributed by atoms with van der Waals surface area (Å²) in [5, 5.41) is 13.1. The molecule has 6 heteroatoms. The van der Waals surface area contributed by atoms with Crippen LogP contribution in [0.15, 0.2) is 0 Å². The third-order valence-corrected chi connectivity index (χ3v) is 2.95. The van der Waals surface area contributed by atoms with Crippen LogP contribution in [0.5, 0.6) is 0 Å². The van der Waals surface area contributed by atoms with Gasteiger partial charge in [-0.2, -0.15) is 5.10 Å². The highest BCUT2D eigenvalue weighted by atomic mass is 16.3. The number of rotatable bonds is 6. The second kappa shape index (κ2) is 6.39. The molecule has 18 heavy (non-hydrogen) atoms. The molecule has 0 unspecified atom stereocenters. The van der Waals surface area contributed by atoms with Crippen LogP contribution < -0.4 is 5.73 Å². The summed E-state index contributed by atoms with van der Waals surface area (Å²) < 4.78 is 1.54. The van der Waals surface area contributed by atoms with Gasteiger partial charge in [-0.3, -0.25) is 9.48 Å². The van der Waals surface area contributed by atoms with Crippen LogP contribution in [0.2, 0.25) is 0 Å². The molecule has 1 rings (SSSR count). The Bertz CT molecular complexity index is 414. The van der Waals surface area contributed by atoms with E-state index in [4.69, 9.17) is 10.8 Å². The molecule has 3 N–H and O–H groups in total. The summed E-state index contributed by atoms with van der Waals surface area (Å²) in [7, 11) is 1.72. The Labute approximate surface area is 107 Å². The summed E-state index contributed by atoms with van der Waals surface area (Å²) in [5.74, 6) is -0.127. The first-order valence-electron chi connectivity index (χ1n) is 6.28. The molecule has 0 spiro atoms. The molecule has 6 nitrogen and oxygen atoms in total. The van der Waals surface area contributed by atoms with Gasteiger partial charge in [0.15, 0.2) is 0 Å². The maximum absolute atomic E-state index is 12.4. The van der Waals surface area contributed by atoms with Gasteiger partial charge in [-0.15, -0.1) is 0 Å². The van der Waals surface area contributed by atoms with Crippen molar-refractivity contribution < 1.29 is 9.90 Å². The smallest absolute Gasteiger partial charge is 0.274 e. The number of hydrogen-bond acceptors (Lipinski definition) is 4. The highest BCUT2D eigenvalue weighted by Gasteiger charge is 2.23. The summed E-state index contributed by atoms with van der Waals surface area (Å²) in [5.41, 5.74) is 7.61. The molecular formula is C12H22N4O2. The SMILES string of the molecule is CCc1nn(C)c(C(=O)N(CC)CCCO)c1N. The van der Waals surface area contributed by atoms with Crippen LogP contribution in [-0.2, 0) is 13.5 Å². The van der Waals surface area contributed by atoms with E-state index in [9.17, 15) is 4.79 Å². The number of nitrogens with zero attached hydrogens (tertiary/aromatic N) is 3. The lowest BCUT2D eigenvalue weighted by atomic mass is 10.2. The van der Waals surface area contributed by atoms with Gasteiger partial charge in [0.25, 0.3) is 5.91 Å². The zero-order valence-corrected chi connectivity index (χ0v) is 11.3. The van der Waals surface area contributed by atoms with E-state index >= 15 is 0 Å². The fraction of sp³-hybridized carbons (Fsp3) is 0.667. The Balaban J connectivity index is 2.98. The predicted octanol–water partition coefficient (Wildman–Crippen LogP) is 0.409. The molecule has 1 amide bonds. The minimum atomic E-state index is -0.127. The van der Waals surface area contributed by atoms with Crippen molar-refractivity contribution in [3.63, 3.8) is 0 Å². The molecule has 102 valence electrons. The van der Waals surface area contributed by atoms with Gasteiger partial charge in [0.05, 0.1) is 11.4 Å². The lowest BCUT2D eigenvalue weighted by molar-refractivity contribution is 0.0744. The van der Waals surface area contributed by atoms with Gasteiger partial charge < -0.3 is 15.7 Å². The van der Waals surface area contributed by atoms with E-state index in [-0.39, 0.29) is 12.5 Å². The summed E-state index contributed by atoms with van der Waals surface area (Å²) in [6.07, 6.45) is 1.27. The van der Waals surface area contributed by atoms with Crippen molar-refractivity contribution in [3.05, 3.63) is 11.4 Å². The molecule has 0 aliphatic rings. The number of nitrogens with two attached hydrogens (primary N) is 1. The van der Waals surface area contributed by atoms with Gasteiger partial charge >= 0.3 is 0 Å². The topological polar surface area (TPSA) is 84.4 Å². The Morgan fingerprint density at radius 3 is 2.61 bits per heavy atom. The van der Waals surface area contributed by atoms with Crippen molar-refractivity contribution >= 4 is 11.6 Å². The second-order valence-corrected chi connectivity index (χ2v) is 4.15. The number of nitrogen functional groups attached to an aromatic ring is 1. The summed E-state index contributed by atoms with van der Waals surface area (Å²) in [6, 6.07) is 0. The van der Waals surface area contributed by atoms with E-state index in [1.807, 2.05) is 13.8 Å². The molecule has 0 saturated heterocycles. The molecule has 0 fully saturated rings. The zero-order chi connectivity index (χ0) is 13.7. The van der Waals surface area contributed by atoms with Crippen molar-refractivity contribution in [1.29, 1.82) is 0 Å². The number of carbonyl (C=O) groups excluding carboxylic acids is 1. The van der Waals surface area contributed by atoms with Crippen LogP contribution in [0, 0.1) is 0 Å². The minimum Gasteiger partial charge on any atom is -0.396 e. The molecule has 0 aliphatic carbocycles. The largest absolute Gasteiger partial charge is 0.396 e.